The summed E-state index contributed by atoms with van der Waals surface area (Å²) in [6.07, 6.45) is 3.68. The zero-order chi connectivity index (χ0) is 20.4. The summed E-state index contributed by atoms with van der Waals surface area (Å²) in [7, 11) is 0. The third-order valence-electron chi connectivity index (χ3n) is 5.96. The predicted octanol–water partition coefficient (Wildman–Crippen LogP) is 4.42. The van der Waals surface area contributed by atoms with Gasteiger partial charge in [-0.05, 0) is 74.0 Å². The Labute approximate surface area is 175 Å². The zero-order valence-corrected chi connectivity index (χ0v) is 17.0. The van der Waals surface area contributed by atoms with E-state index in [2.05, 4.69) is 11.5 Å². The average molecular weight is 415 g/mol. The summed E-state index contributed by atoms with van der Waals surface area (Å²) in [5.41, 5.74) is 1.54. The molecule has 1 saturated heterocycles. The molecule has 2 aliphatic rings. The van der Waals surface area contributed by atoms with Crippen molar-refractivity contribution in [2.24, 2.45) is 0 Å². The van der Waals surface area contributed by atoms with Crippen molar-refractivity contribution in [3.8, 4) is 5.75 Å². The van der Waals surface area contributed by atoms with Gasteiger partial charge in [-0.2, -0.15) is 0 Å². The summed E-state index contributed by atoms with van der Waals surface area (Å²) in [6.45, 7) is 6.97. The van der Waals surface area contributed by atoms with Crippen LogP contribution in [-0.2, 0) is 10.2 Å². The van der Waals surface area contributed by atoms with Crippen molar-refractivity contribution in [1.82, 2.24) is 4.90 Å². The van der Waals surface area contributed by atoms with Crippen LogP contribution in [0.4, 0.5) is 10.1 Å². The van der Waals surface area contributed by atoms with Gasteiger partial charge < -0.3 is 9.64 Å². The first-order valence-corrected chi connectivity index (χ1v) is 10.2. The van der Waals surface area contributed by atoms with Gasteiger partial charge in [0.05, 0.1) is 0 Å². The van der Waals surface area contributed by atoms with Crippen molar-refractivity contribution >= 4 is 23.2 Å². The molecule has 1 fully saturated rings. The molecule has 0 bridgehead atoms. The molecular weight excluding hydrogens is 391 g/mol. The molecule has 2 aliphatic heterocycles. The Kier molecular flexibility index (Phi) is 5.61. The van der Waals surface area contributed by atoms with Crippen molar-refractivity contribution in [3.05, 3.63) is 71.5 Å². The predicted molar refractivity (Wildman–Crippen MR) is 113 cm³/mol. The molecule has 0 saturated carbocycles. The van der Waals surface area contributed by atoms with Crippen molar-refractivity contribution < 1.29 is 13.9 Å². The van der Waals surface area contributed by atoms with Crippen molar-refractivity contribution in [2.45, 2.75) is 18.3 Å². The molecule has 6 heteroatoms. The fourth-order valence-electron chi connectivity index (χ4n) is 4.39. The van der Waals surface area contributed by atoms with E-state index in [0.29, 0.717) is 17.3 Å². The molecule has 2 aromatic rings. The standard InChI is InChI=1S/C23H24ClFN2O2/c1-2-11-26-12-9-23(10-13-26)16-27(21-8-5-18(25)14-20(21)23)22(28)15-29-19-6-3-17(24)4-7-19/h2-8,14H,1,9-13,15-16H2. The molecule has 152 valence electrons. The van der Waals surface area contributed by atoms with E-state index >= 15 is 0 Å². The number of fused-ring (bicyclic) bond motifs is 2. The summed E-state index contributed by atoms with van der Waals surface area (Å²) in [4.78, 5) is 17.1. The van der Waals surface area contributed by atoms with Crippen LogP contribution in [0, 0.1) is 5.82 Å². The van der Waals surface area contributed by atoms with Crippen LogP contribution >= 0.6 is 11.6 Å². The molecule has 1 spiro atoms. The molecule has 0 aliphatic carbocycles. The van der Waals surface area contributed by atoms with E-state index in [1.54, 1.807) is 41.3 Å². The number of hydrogen-bond donors (Lipinski definition) is 0. The topological polar surface area (TPSA) is 32.8 Å². The van der Waals surface area contributed by atoms with Crippen LogP contribution in [0.3, 0.4) is 0 Å². The maximum Gasteiger partial charge on any atom is 0.264 e. The van der Waals surface area contributed by atoms with Crippen LogP contribution in [0.1, 0.15) is 18.4 Å². The third-order valence-corrected chi connectivity index (χ3v) is 6.21. The van der Waals surface area contributed by atoms with E-state index in [1.165, 1.54) is 6.07 Å². The fraction of sp³-hybridized carbons (Fsp3) is 0.348. The molecule has 4 nitrogen and oxygen atoms in total. The molecule has 2 aromatic carbocycles. The van der Waals surface area contributed by atoms with Gasteiger partial charge in [-0.1, -0.05) is 17.7 Å². The Morgan fingerprint density at radius 2 is 1.93 bits per heavy atom. The van der Waals surface area contributed by atoms with Gasteiger partial charge in [-0.25, -0.2) is 4.39 Å². The Hall–Kier alpha value is -2.37. The highest BCUT2D eigenvalue weighted by Crippen LogP contribution is 2.47. The highest BCUT2D eigenvalue weighted by atomic mass is 35.5. The van der Waals surface area contributed by atoms with Gasteiger partial charge in [0.25, 0.3) is 5.91 Å². The summed E-state index contributed by atoms with van der Waals surface area (Å²) in [5, 5.41) is 0.615. The lowest BCUT2D eigenvalue weighted by atomic mass is 9.74. The van der Waals surface area contributed by atoms with Crippen LogP contribution in [0.25, 0.3) is 0 Å². The number of benzene rings is 2. The second-order valence-corrected chi connectivity index (χ2v) is 8.19. The first-order valence-electron chi connectivity index (χ1n) is 9.83. The minimum Gasteiger partial charge on any atom is -0.484 e. The molecule has 2 heterocycles. The average Bonchev–Trinajstić information content (AvgIpc) is 3.03. The van der Waals surface area contributed by atoms with Gasteiger partial charge >= 0.3 is 0 Å². The fourth-order valence-corrected chi connectivity index (χ4v) is 4.52. The van der Waals surface area contributed by atoms with Crippen molar-refractivity contribution in [2.75, 3.05) is 37.7 Å². The molecule has 1 amide bonds. The summed E-state index contributed by atoms with van der Waals surface area (Å²) >= 11 is 5.89. The normalized spacial score (nSPS) is 17.9. The van der Waals surface area contributed by atoms with Crippen LogP contribution in [0.15, 0.2) is 55.1 Å². The van der Waals surface area contributed by atoms with Gasteiger partial charge in [-0.15, -0.1) is 6.58 Å². The summed E-state index contributed by atoms with van der Waals surface area (Å²) in [5.74, 6) is 0.204. The molecular formula is C23H24ClFN2O2. The van der Waals surface area contributed by atoms with E-state index in [1.807, 2.05) is 6.08 Å². The summed E-state index contributed by atoms with van der Waals surface area (Å²) < 4.78 is 19.7. The Balaban J connectivity index is 1.52. The number of hydrogen-bond acceptors (Lipinski definition) is 3. The van der Waals surface area contributed by atoms with E-state index < -0.39 is 0 Å². The van der Waals surface area contributed by atoms with Crippen molar-refractivity contribution in [3.63, 3.8) is 0 Å². The quantitative estimate of drug-likeness (QED) is 0.679. The van der Waals surface area contributed by atoms with Gasteiger partial charge in [0, 0.05) is 29.2 Å². The Bertz CT molecular complexity index is 908. The van der Waals surface area contributed by atoms with Crippen LogP contribution in [0.5, 0.6) is 5.75 Å². The molecule has 0 aromatic heterocycles. The van der Waals surface area contributed by atoms with E-state index in [-0.39, 0.29) is 23.7 Å². The Morgan fingerprint density at radius 3 is 2.62 bits per heavy atom. The Morgan fingerprint density at radius 1 is 1.21 bits per heavy atom. The van der Waals surface area contributed by atoms with Crippen LogP contribution in [-0.4, -0.2) is 43.6 Å². The van der Waals surface area contributed by atoms with Crippen LogP contribution < -0.4 is 9.64 Å². The number of ether oxygens (including phenoxy) is 1. The first-order chi connectivity index (χ1) is 14.0. The molecule has 29 heavy (non-hydrogen) atoms. The smallest absolute Gasteiger partial charge is 0.264 e. The summed E-state index contributed by atoms with van der Waals surface area (Å²) in [6, 6.07) is 11.7. The lowest BCUT2D eigenvalue weighted by molar-refractivity contribution is -0.120. The molecule has 0 radical (unpaired) electrons. The number of carbonyl (C=O) groups excluding carboxylic acids is 1. The lowest BCUT2D eigenvalue weighted by Gasteiger charge is -2.39. The van der Waals surface area contributed by atoms with E-state index in [0.717, 1.165) is 43.7 Å². The maximum absolute atomic E-state index is 14.1. The highest BCUT2D eigenvalue weighted by Gasteiger charge is 2.46. The number of likely N-dealkylation sites (tertiary alicyclic amines) is 1. The van der Waals surface area contributed by atoms with Crippen LogP contribution in [0.2, 0.25) is 5.02 Å². The first kappa shape index (κ1) is 19.9. The number of carbonyl (C=O) groups is 1. The lowest BCUT2D eigenvalue weighted by Crippen LogP contribution is -2.46. The number of anilines is 1. The number of halogens is 2. The molecule has 0 N–H and O–H groups in total. The monoisotopic (exact) mass is 414 g/mol. The van der Waals surface area contributed by atoms with E-state index in [4.69, 9.17) is 16.3 Å². The van der Waals surface area contributed by atoms with Gasteiger partial charge in [-0.3, -0.25) is 9.69 Å². The molecule has 0 unspecified atom stereocenters. The SMILES string of the molecule is C=CCN1CCC2(CC1)CN(C(=O)COc1ccc(Cl)cc1)c1ccc(F)cc12. The van der Waals surface area contributed by atoms with Gasteiger partial charge in [0.15, 0.2) is 6.61 Å². The zero-order valence-electron chi connectivity index (χ0n) is 16.2. The number of rotatable bonds is 5. The molecule has 4 rings (SSSR count). The second kappa shape index (κ2) is 8.17. The van der Waals surface area contributed by atoms with E-state index in [9.17, 15) is 9.18 Å². The van der Waals surface area contributed by atoms with Crippen molar-refractivity contribution in [1.29, 1.82) is 0 Å². The largest absolute Gasteiger partial charge is 0.484 e. The van der Waals surface area contributed by atoms with Gasteiger partial charge in [0.1, 0.15) is 11.6 Å². The maximum atomic E-state index is 14.1. The highest BCUT2D eigenvalue weighted by molar-refractivity contribution is 6.30. The minimum absolute atomic E-state index is 0.0723. The molecule has 0 atom stereocenters. The number of nitrogens with zero attached hydrogens (tertiary/aromatic N) is 2. The third kappa shape index (κ3) is 4.02. The van der Waals surface area contributed by atoms with Gasteiger partial charge in [0.2, 0.25) is 0 Å². The number of amides is 1. The number of piperidine rings is 1. The minimum atomic E-state index is -0.261. The second-order valence-electron chi connectivity index (χ2n) is 7.75.